The third-order valence-electron chi connectivity index (χ3n) is 11.4. The van der Waals surface area contributed by atoms with E-state index in [2.05, 4.69) is 157 Å². The molecule has 2 aliphatic carbocycles. The molecule has 0 saturated heterocycles. The summed E-state index contributed by atoms with van der Waals surface area (Å²) < 4.78 is 0. The molecule has 54 heavy (non-hydrogen) atoms. The summed E-state index contributed by atoms with van der Waals surface area (Å²) in [6, 6.07) is 56.3. The molecule has 0 amide bonds. The monoisotopic (exact) mass is 691 g/mol. The molecule has 0 fully saturated rings. The van der Waals surface area contributed by atoms with E-state index in [-0.39, 0.29) is 0 Å². The molecule has 0 aliphatic heterocycles. The number of aliphatic imine (C=N–C) groups is 3. The fourth-order valence-corrected chi connectivity index (χ4v) is 8.87. The van der Waals surface area contributed by atoms with E-state index >= 15 is 0 Å². The molecule has 0 heterocycles. The molecule has 256 valence electrons. The van der Waals surface area contributed by atoms with Gasteiger partial charge in [-0.1, -0.05) is 170 Å². The highest BCUT2D eigenvalue weighted by molar-refractivity contribution is 6.19. The average molecular weight is 692 g/mol. The van der Waals surface area contributed by atoms with Crippen LogP contribution >= 0.6 is 0 Å². The molecule has 3 heteroatoms. The van der Waals surface area contributed by atoms with Crippen LogP contribution in [0.2, 0.25) is 0 Å². The van der Waals surface area contributed by atoms with Crippen molar-refractivity contribution in [1.82, 2.24) is 0 Å². The second kappa shape index (κ2) is 13.4. The number of hydrogen-bond acceptors (Lipinski definition) is 1. The third-order valence-corrected chi connectivity index (χ3v) is 11.4. The second-order valence-electron chi connectivity index (χ2n) is 14.3. The molecule has 8 aromatic rings. The topological polar surface area (TPSA) is 37.1 Å². The lowest BCUT2D eigenvalue weighted by atomic mass is 9.79. The highest BCUT2D eigenvalue weighted by atomic mass is 15.0. The first kappa shape index (κ1) is 32.0. The Balaban J connectivity index is 1.09. The summed E-state index contributed by atoms with van der Waals surface area (Å²) in [4.78, 5) is 14.9. The molecule has 0 spiro atoms. The molecule has 2 atom stereocenters. The Bertz CT molecular complexity index is 2900. The molecule has 2 unspecified atom stereocenters. The highest BCUT2D eigenvalue weighted by Gasteiger charge is 2.36. The zero-order chi connectivity index (χ0) is 36.0. The minimum Gasteiger partial charge on any atom is -0.261 e. The van der Waals surface area contributed by atoms with Gasteiger partial charge in [0.1, 0.15) is 0 Å². The van der Waals surface area contributed by atoms with Gasteiger partial charge in [0.25, 0.3) is 0 Å². The van der Waals surface area contributed by atoms with Crippen LogP contribution in [0.25, 0.3) is 48.7 Å². The number of allylic oxidation sites excluding steroid dienone is 4. The van der Waals surface area contributed by atoms with Gasteiger partial charge in [-0.05, 0) is 96.0 Å². The molecule has 0 bridgehead atoms. The first-order chi connectivity index (χ1) is 26.7. The largest absolute Gasteiger partial charge is 0.261 e. The van der Waals surface area contributed by atoms with Crippen molar-refractivity contribution in [3.8, 4) is 0 Å². The molecule has 0 saturated carbocycles. The van der Waals surface area contributed by atoms with E-state index in [9.17, 15) is 0 Å². The fourth-order valence-electron chi connectivity index (χ4n) is 8.87. The Morgan fingerprint density at radius 2 is 1.24 bits per heavy atom. The lowest BCUT2D eigenvalue weighted by Crippen LogP contribution is -2.11. The number of hydrogen-bond donors (Lipinski definition) is 0. The summed E-state index contributed by atoms with van der Waals surface area (Å²) in [5.74, 6) is 1.95. The molecule has 0 N–H and O–H groups in total. The Labute approximate surface area is 315 Å². The summed E-state index contributed by atoms with van der Waals surface area (Å²) >= 11 is 0. The maximum atomic E-state index is 5.33. The fraction of sp³-hybridized carbons (Fsp3) is 0.0784. The Kier molecular flexibility index (Phi) is 7.91. The zero-order valence-electron chi connectivity index (χ0n) is 29.9. The molecule has 10 rings (SSSR count). The third kappa shape index (κ3) is 5.48. The Hall–Kier alpha value is -6.71. The van der Waals surface area contributed by atoms with Crippen molar-refractivity contribution < 1.29 is 0 Å². The van der Waals surface area contributed by atoms with Gasteiger partial charge in [-0.15, -0.1) is 0 Å². The Morgan fingerprint density at radius 1 is 0.574 bits per heavy atom. The van der Waals surface area contributed by atoms with Gasteiger partial charge in [-0.3, -0.25) is 4.99 Å². The number of rotatable bonds is 5. The standard InChI is InChI=1S/C51H37N3/c1-52-50(35-16-6-3-7-17-35)54-51(37-25-26-43-36(29-37)24-28-44-40-18-9-8-15-34(40)23-27-45(43)44)53-32-39-30-38-31-48-41(33-13-4-2-5-14-33)21-12-22-47(48)49(38)46-20-11-10-19-42(39)46/h2-30,47-48H,1,31-32H2/b53-51-,54-50-. The summed E-state index contributed by atoms with van der Waals surface area (Å²) in [5, 5.41) is 9.93. The maximum Gasteiger partial charge on any atom is 0.161 e. The van der Waals surface area contributed by atoms with Gasteiger partial charge < -0.3 is 0 Å². The SMILES string of the molecule is C=N/C(=N\C(=N/Cc1cc2c(c3ccccc13)C1C=CC=C(c3ccccc3)C1C2)c1ccc2c(ccc3c4ccccc4ccc23)c1)c1ccccc1. The second-order valence-corrected chi connectivity index (χ2v) is 14.3. The van der Waals surface area contributed by atoms with Crippen molar-refractivity contribution in [1.29, 1.82) is 0 Å². The smallest absolute Gasteiger partial charge is 0.161 e. The Morgan fingerprint density at radius 3 is 2.04 bits per heavy atom. The van der Waals surface area contributed by atoms with Gasteiger partial charge in [0, 0.05) is 17.0 Å². The average Bonchev–Trinajstić information content (AvgIpc) is 3.63. The van der Waals surface area contributed by atoms with Crippen molar-refractivity contribution in [2.75, 3.05) is 0 Å². The lowest BCUT2D eigenvalue weighted by Gasteiger charge is -2.24. The van der Waals surface area contributed by atoms with E-state index in [4.69, 9.17) is 9.98 Å². The molecule has 3 nitrogen and oxygen atoms in total. The van der Waals surface area contributed by atoms with Crippen LogP contribution in [0.1, 0.15) is 39.3 Å². The zero-order valence-corrected chi connectivity index (χ0v) is 29.9. The van der Waals surface area contributed by atoms with E-state index < -0.39 is 0 Å². The van der Waals surface area contributed by atoms with Gasteiger partial charge >= 0.3 is 0 Å². The molecule has 2 aliphatic rings. The van der Waals surface area contributed by atoms with E-state index in [1.807, 2.05) is 30.3 Å². The number of nitrogens with zero attached hydrogens (tertiary/aromatic N) is 3. The van der Waals surface area contributed by atoms with Crippen LogP contribution in [0.3, 0.4) is 0 Å². The number of fused-ring (bicyclic) bond motifs is 10. The normalized spacial score (nSPS) is 16.9. The van der Waals surface area contributed by atoms with Crippen molar-refractivity contribution in [3.05, 3.63) is 209 Å². The van der Waals surface area contributed by atoms with E-state index in [0.29, 0.717) is 30.1 Å². The van der Waals surface area contributed by atoms with Gasteiger partial charge in [0.15, 0.2) is 11.7 Å². The first-order valence-electron chi connectivity index (χ1n) is 18.7. The molecule has 0 aromatic heterocycles. The van der Waals surface area contributed by atoms with Crippen LogP contribution in [0, 0.1) is 5.92 Å². The van der Waals surface area contributed by atoms with Crippen LogP contribution < -0.4 is 0 Å². The van der Waals surface area contributed by atoms with E-state index in [0.717, 1.165) is 22.9 Å². The van der Waals surface area contributed by atoms with E-state index in [1.54, 1.807) is 0 Å². The van der Waals surface area contributed by atoms with Crippen LogP contribution in [0.5, 0.6) is 0 Å². The van der Waals surface area contributed by atoms with Gasteiger partial charge in [0.05, 0.1) is 6.54 Å². The predicted octanol–water partition coefficient (Wildman–Crippen LogP) is 12.3. The first-order valence-corrected chi connectivity index (χ1v) is 18.7. The van der Waals surface area contributed by atoms with Gasteiger partial charge in [-0.2, -0.15) is 0 Å². The number of amidine groups is 2. The van der Waals surface area contributed by atoms with Crippen LogP contribution in [-0.4, -0.2) is 18.4 Å². The molecule has 0 radical (unpaired) electrons. The minimum absolute atomic E-state index is 0.349. The van der Waals surface area contributed by atoms with Gasteiger partial charge in [0.2, 0.25) is 0 Å². The summed E-state index contributed by atoms with van der Waals surface area (Å²) in [5.41, 5.74) is 8.65. The van der Waals surface area contributed by atoms with Crippen LogP contribution in [0.15, 0.2) is 191 Å². The summed E-state index contributed by atoms with van der Waals surface area (Å²) in [7, 11) is 0. The molecular formula is C51H37N3. The molecular weight excluding hydrogens is 655 g/mol. The van der Waals surface area contributed by atoms with Crippen LogP contribution in [0.4, 0.5) is 0 Å². The van der Waals surface area contributed by atoms with Crippen molar-refractivity contribution >= 4 is 67.1 Å². The van der Waals surface area contributed by atoms with Crippen molar-refractivity contribution in [2.45, 2.75) is 18.9 Å². The van der Waals surface area contributed by atoms with Crippen LogP contribution in [-0.2, 0) is 13.0 Å². The van der Waals surface area contributed by atoms with Crippen molar-refractivity contribution in [3.63, 3.8) is 0 Å². The summed E-state index contributed by atoms with van der Waals surface area (Å²) in [6.45, 7) is 4.40. The number of benzene rings is 8. The maximum absolute atomic E-state index is 5.33. The minimum atomic E-state index is 0.349. The van der Waals surface area contributed by atoms with Gasteiger partial charge in [-0.25, -0.2) is 9.98 Å². The highest BCUT2D eigenvalue weighted by Crippen LogP contribution is 2.50. The lowest BCUT2D eigenvalue weighted by molar-refractivity contribution is 0.651. The molecule has 8 aromatic carbocycles. The quantitative estimate of drug-likeness (QED) is 0.0979. The summed E-state index contributed by atoms with van der Waals surface area (Å²) in [6.07, 6.45) is 7.97. The van der Waals surface area contributed by atoms with Crippen molar-refractivity contribution in [2.24, 2.45) is 20.9 Å². The van der Waals surface area contributed by atoms with E-state index in [1.165, 1.54) is 65.5 Å². The predicted molar refractivity (Wildman–Crippen MR) is 229 cm³/mol.